The van der Waals surface area contributed by atoms with E-state index in [0.717, 1.165) is 0 Å². The van der Waals surface area contributed by atoms with Crippen molar-refractivity contribution in [1.82, 2.24) is 20.3 Å². The fraction of sp³-hybridized carbons (Fsp3) is 0.375. The Labute approximate surface area is 85.6 Å². The highest BCUT2D eigenvalue weighted by molar-refractivity contribution is 5.44. The first kappa shape index (κ1) is 9.81. The van der Waals surface area contributed by atoms with E-state index < -0.39 is 0 Å². The molecule has 0 amide bonds. The summed E-state index contributed by atoms with van der Waals surface area (Å²) in [5.41, 5.74) is 6.40. The second-order valence-corrected chi connectivity index (χ2v) is 2.99. The van der Waals surface area contributed by atoms with Crippen LogP contribution in [0.1, 0.15) is 11.9 Å². The van der Waals surface area contributed by atoms with Gasteiger partial charge in [0.15, 0.2) is 5.82 Å². The average molecular weight is 209 g/mol. The van der Waals surface area contributed by atoms with Crippen molar-refractivity contribution in [2.24, 2.45) is 5.73 Å². The number of H-pyrrole nitrogens is 1. The second kappa shape index (κ2) is 4.20. The fourth-order valence-electron chi connectivity index (χ4n) is 1.12. The minimum absolute atomic E-state index is 0.349. The zero-order chi connectivity index (χ0) is 10.7. The van der Waals surface area contributed by atoms with E-state index in [4.69, 9.17) is 15.0 Å². The van der Waals surface area contributed by atoms with E-state index in [0.29, 0.717) is 24.0 Å². The van der Waals surface area contributed by atoms with Gasteiger partial charge in [0.1, 0.15) is 5.69 Å². The third kappa shape index (κ3) is 2.03. The lowest BCUT2D eigenvalue weighted by molar-refractivity contribution is 0.177. The molecule has 0 spiro atoms. The third-order valence-electron chi connectivity index (χ3n) is 1.85. The summed E-state index contributed by atoms with van der Waals surface area (Å²) in [6.07, 6.45) is 1.61. The van der Waals surface area contributed by atoms with Crippen molar-refractivity contribution in [3.05, 3.63) is 18.1 Å². The van der Waals surface area contributed by atoms with Crippen LogP contribution in [0.3, 0.4) is 0 Å². The molecule has 2 rings (SSSR count). The molecule has 80 valence electrons. The van der Waals surface area contributed by atoms with Gasteiger partial charge in [-0.1, -0.05) is 5.16 Å². The lowest BCUT2D eigenvalue weighted by atomic mass is 10.3. The first-order valence-electron chi connectivity index (χ1n) is 4.39. The topological polar surface area (TPSA) is 103 Å². The lowest BCUT2D eigenvalue weighted by Gasteiger charge is -2.02. The van der Waals surface area contributed by atoms with Gasteiger partial charge in [-0.2, -0.15) is 10.1 Å². The monoisotopic (exact) mass is 209 g/mol. The number of aromatic amines is 1. The molecule has 0 bridgehead atoms. The summed E-state index contributed by atoms with van der Waals surface area (Å²) >= 11 is 0. The van der Waals surface area contributed by atoms with Gasteiger partial charge in [-0.25, -0.2) is 0 Å². The van der Waals surface area contributed by atoms with E-state index in [1.807, 2.05) is 0 Å². The molecule has 7 heteroatoms. The van der Waals surface area contributed by atoms with Crippen LogP contribution in [0.15, 0.2) is 16.8 Å². The first-order chi connectivity index (χ1) is 7.31. The Hall–Kier alpha value is -1.73. The molecular formula is C8H11N5O2. The number of nitrogens with two attached hydrogens (primary N) is 1. The van der Waals surface area contributed by atoms with Crippen LogP contribution in [0, 0.1) is 0 Å². The van der Waals surface area contributed by atoms with Gasteiger partial charge >= 0.3 is 0 Å². The van der Waals surface area contributed by atoms with Crippen molar-refractivity contribution in [3.8, 4) is 11.6 Å². The number of aromatic nitrogens is 4. The minimum Gasteiger partial charge on any atom is -0.383 e. The highest BCUT2D eigenvalue weighted by atomic mass is 16.5. The molecule has 0 radical (unpaired) electrons. The van der Waals surface area contributed by atoms with Crippen molar-refractivity contribution in [2.45, 2.75) is 6.04 Å². The summed E-state index contributed by atoms with van der Waals surface area (Å²) in [4.78, 5) is 4.12. The molecule has 0 saturated heterocycles. The first-order valence-corrected chi connectivity index (χ1v) is 4.39. The smallest absolute Gasteiger partial charge is 0.275 e. The predicted octanol–water partition coefficient (Wildman–Crippen LogP) is 0.106. The van der Waals surface area contributed by atoms with Crippen molar-refractivity contribution in [3.63, 3.8) is 0 Å². The van der Waals surface area contributed by atoms with Gasteiger partial charge in [0.2, 0.25) is 0 Å². The highest BCUT2D eigenvalue weighted by Crippen LogP contribution is 2.15. The minimum atomic E-state index is -0.379. The van der Waals surface area contributed by atoms with Crippen molar-refractivity contribution in [1.29, 1.82) is 0 Å². The second-order valence-electron chi connectivity index (χ2n) is 2.99. The molecule has 0 aliphatic rings. The molecule has 2 aromatic rings. The van der Waals surface area contributed by atoms with Crippen LogP contribution in [0.4, 0.5) is 0 Å². The number of rotatable bonds is 4. The van der Waals surface area contributed by atoms with E-state index >= 15 is 0 Å². The summed E-state index contributed by atoms with van der Waals surface area (Å²) in [6, 6.07) is 1.36. The maximum atomic E-state index is 5.74. The van der Waals surface area contributed by atoms with Crippen LogP contribution in [0.5, 0.6) is 0 Å². The molecule has 7 nitrogen and oxygen atoms in total. The van der Waals surface area contributed by atoms with Crippen LogP contribution in [0.2, 0.25) is 0 Å². The molecule has 3 N–H and O–H groups in total. The van der Waals surface area contributed by atoms with Gasteiger partial charge in [-0.05, 0) is 6.07 Å². The maximum absolute atomic E-state index is 5.74. The lowest BCUT2D eigenvalue weighted by Crippen LogP contribution is -2.17. The zero-order valence-electron chi connectivity index (χ0n) is 8.17. The van der Waals surface area contributed by atoms with Crippen molar-refractivity contribution < 1.29 is 9.26 Å². The molecule has 0 saturated carbocycles. The van der Waals surface area contributed by atoms with Gasteiger partial charge in [-0.15, -0.1) is 0 Å². The van der Waals surface area contributed by atoms with Gasteiger partial charge in [-0.3, -0.25) is 5.10 Å². The van der Waals surface area contributed by atoms with Crippen LogP contribution in [-0.4, -0.2) is 34.1 Å². The van der Waals surface area contributed by atoms with E-state index in [1.165, 1.54) is 0 Å². The Morgan fingerprint density at radius 3 is 3.20 bits per heavy atom. The largest absolute Gasteiger partial charge is 0.383 e. The third-order valence-corrected chi connectivity index (χ3v) is 1.85. The molecule has 0 aliphatic carbocycles. The Bertz CT molecular complexity index is 410. The summed E-state index contributed by atoms with van der Waals surface area (Å²) in [5, 5.41) is 10.3. The van der Waals surface area contributed by atoms with E-state index in [-0.39, 0.29) is 6.04 Å². The Morgan fingerprint density at radius 1 is 1.67 bits per heavy atom. The standard InChI is InChI=1S/C8H11N5O2/c1-14-4-5(9)7-11-8(15-13-7)6-2-3-10-12-6/h2-3,5H,4,9H2,1H3,(H,10,12). The van der Waals surface area contributed by atoms with Crippen LogP contribution in [0.25, 0.3) is 11.6 Å². The molecule has 0 aromatic carbocycles. The fourth-order valence-corrected chi connectivity index (χ4v) is 1.12. The van der Waals surface area contributed by atoms with Crippen molar-refractivity contribution >= 4 is 0 Å². The van der Waals surface area contributed by atoms with E-state index in [2.05, 4.69) is 20.3 Å². The molecule has 1 atom stereocenters. The molecule has 15 heavy (non-hydrogen) atoms. The Kier molecular flexibility index (Phi) is 2.75. The van der Waals surface area contributed by atoms with Gasteiger partial charge < -0.3 is 15.0 Å². The summed E-state index contributed by atoms with van der Waals surface area (Å²) in [7, 11) is 1.57. The number of hydrogen-bond donors (Lipinski definition) is 2. The molecule has 0 aliphatic heterocycles. The van der Waals surface area contributed by atoms with Crippen molar-refractivity contribution in [2.75, 3.05) is 13.7 Å². The SMILES string of the molecule is COCC(N)c1noc(-c2ccn[nH]2)n1. The molecule has 2 aromatic heterocycles. The maximum Gasteiger partial charge on any atom is 0.275 e. The Balaban J connectivity index is 2.17. The van der Waals surface area contributed by atoms with Gasteiger partial charge in [0, 0.05) is 13.3 Å². The molecule has 0 fully saturated rings. The van der Waals surface area contributed by atoms with Crippen LogP contribution >= 0.6 is 0 Å². The number of nitrogens with zero attached hydrogens (tertiary/aromatic N) is 3. The Morgan fingerprint density at radius 2 is 2.53 bits per heavy atom. The zero-order valence-corrected chi connectivity index (χ0v) is 8.17. The number of hydrogen-bond acceptors (Lipinski definition) is 6. The molecular weight excluding hydrogens is 198 g/mol. The highest BCUT2D eigenvalue weighted by Gasteiger charge is 2.15. The number of methoxy groups -OCH3 is 1. The average Bonchev–Trinajstić information content (AvgIpc) is 2.89. The normalized spacial score (nSPS) is 12.9. The summed E-state index contributed by atoms with van der Waals surface area (Å²) in [5.74, 6) is 0.788. The molecule has 1 unspecified atom stereocenters. The van der Waals surface area contributed by atoms with Crippen LogP contribution < -0.4 is 5.73 Å². The van der Waals surface area contributed by atoms with Crippen LogP contribution in [-0.2, 0) is 4.74 Å². The summed E-state index contributed by atoms with van der Waals surface area (Å²) < 4.78 is 9.90. The number of ether oxygens (including phenoxy) is 1. The quantitative estimate of drug-likeness (QED) is 0.740. The van der Waals surface area contributed by atoms with E-state index in [1.54, 1.807) is 19.4 Å². The molecule has 2 heterocycles. The van der Waals surface area contributed by atoms with E-state index in [9.17, 15) is 0 Å². The van der Waals surface area contributed by atoms with Gasteiger partial charge in [0.05, 0.1) is 12.6 Å². The predicted molar refractivity (Wildman–Crippen MR) is 50.7 cm³/mol. The summed E-state index contributed by atoms with van der Waals surface area (Å²) in [6.45, 7) is 0.349. The van der Waals surface area contributed by atoms with Gasteiger partial charge in [0.25, 0.3) is 5.89 Å². The number of nitrogens with one attached hydrogen (secondary N) is 1.